The summed E-state index contributed by atoms with van der Waals surface area (Å²) >= 11 is 12.9. The molecule has 2 aromatic rings. The molecule has 2 aromatic carbocycles. The fourth-order valence-corrected chi connectivity index (χ4v) is 7.79. The Kier molecular flexibility index (Phi) is 12.6. The van der Waals surface area contributed by atoms with Gasteiger partial charge in [0, 0.05) is 39.1 Å². The lowest BCUT2D eigenvalue weighted by Gasteiger charge is -2.41. The second-order valence-electron chi connectivity index (χ2n) is 14.9. The molecular weight excluding hydrogens is 753 g/mol. The van der Waals surface area contributed by atoms with Crippen molar-refractivity contribution in [2.24, 2.45) is 5.92 Å². The molecule has 2 fully saturated rings. The summed E-state index contributed by atoms with van der Waals surface area (Å²) in [7, 11) is 5.96. The van der Waals surface area contributed by atoms with Crippen LogP contribution >= 0.6 is 23.2 Å². The van der Waals surface area contributed by atoms with E-state index in [1.54, 1.807) is 38.3 Å². The van der Waals surface area contributed by atoms with E-state index < -0.39 is 71.3 Å². The highest BCUT2D eigenvalue weighted by atomic mass is 35.5. The Bertz CT molecular complexity index is 1900. The van der Waals surface area contributed by atoms with Crippen molar-refractivity contribution in [3.8, 4) is 5.75 Å². The van der Waals surface area contributed by atoms with Gasteiger partial charge in [-0.15, -0.1) is 0 Å². The largest absolute Gasteiger partial charge is 0.495 e. The van der Waals surface area contributed by atoms with Crippen molar-refractivity contribution in [2.75, 3.05) is 38.9 Å². The molecule has 2 amide bonds. The molecule has 8 atom stereocenters. The number of benzene rings is 2. The van der Waals surface area contributed by atoms with E-state index in [0.29, 0.717) is 23.5 Å². The molecule has 13 nitrogen and oxygen atoms in total. The molecule has 0 aliphatic carbocycles. The van der Waals surface area contributed by atoms with Crippen LogP contribution in [-0.2, 0) is 39.8 Å². The number of likely N-dealkylation sites (N-methyl/N-ethyl adjacent to an activating group) is 1. The molecule has 55 heavy (non-hydrogen) atoms. The molecule has 0 saturated carbocycles. The number of aliphatic hydroxyl groups is 1. The average Bonchev–Trinajstić information content (AvgIpc) is 3.84. The van der Waals surface area contributed by atoms with E-state index >= 15 is 0 Å². The van der Waals surface area contributed by atoms with Crippen LogP contribution in [0.3, 0.4) is 0 Å². The predicted octanol–water partition coefficient (Wildman–Crippen LogP) is 5.31. The first-order valence-corrected chi connectivity index (χ1v) is 18.7. The lowest BCUT2D eigenvalue weighted by Crippen LogP contribution is -2.53. The standard InChI is InChI=1S/C40H49Cl2N3O10/c1-21-10-9-11-31(52-8)40(50)19-30(53-34(47)20-40)22(2)36-39(4,55-36)32(18-33(46)45(6)28-15-24(14-21)16-29(51-7)35(28)42)54-38(49)23(3)44(5)37(48)25-12-13-27(43)26(41)17-25/h9-13,15-17,22-23,30-32,36,50H,14,18-20,43H2,1-8H3/b11-9+,21-10+/t22-,23+,30+,31-,32+,36+,39+,40-/m1/s1. The van der Waals surface area contributed by atoms with Crippen LogP contribution < -0.4 is 15.4 Å². The van der Waals surface area contributed by atoms with Crippen molar-refractivity contribution in [2.45, 2.75) is 95.0 Å². The minimum atomic E-state index is -1.60. The van der Waals surface area contributed by atoms with Gasteiger partial charge in [0.15, 0.2) is 0 Å². The van der Waals surface area contributed by atoms with Crippen LogP contribution in [0.4, 0.5) is 11.4 Å². The van der Waals surface area contributed by atoms with Crippen molar-refractivity contribution >= 4 is 58.3 Å². The van der Waals surface area contributed by atoms with Gasteiger partial charge in [0.05, 0.1) is 42.5 Å². The lowest BCUT2D eigenvalue weighted by atomic mass is 9.78. The Morgan fingerprint density at radius 2 is 1.87 bits per heavy atom. The van der Waals surface area contributed by atoms with Crippen LogP contribution in [0, 0.1) is 5.92 Å². The Labute approximate surface area is 331 Å². The van der Waals surface area contributed by atoms with Gasteiger partial charge in [-0.25, -0.2) is 4.79 Å². The van der Waals surface area contributed by atoms with E-state index in [0.717, 1.165) is 11.1 Å². The monoisotopic (exact) mass is 801 g/mol. The third-order valence-corrected chi connectivity index (χ3v) is 11.7. The number of halogens is 2. The highest BCUT2D eigenvalue weighted by Crippen LogP contribution is 2.50. The molecule has 0 radical (unpaired) electrons. The molecule has 0 spiro atoms. The van der Waals surface area contributed by atoms with Gasteiger partial charge < -0.3 is 44.3 Å². The van der Waals surface area contributed by atoms with Crippen LogP contribution in [0.5, 0.6) is 5.75 Å². The summed E-state index contributed by atoms with van der Waals surface area (Å²) < 4.78 is 29.4. The van der Waals surface area contributed by atoms with Gasteiger partial charge in [-0.2, -0.15) is 0 Å². The van der Waals surface area contributed by atoms with Crippen LogP contribution in [0.2, 0.25) is 10.0 Å². The summed E-state index contributed by atoms with van der Waals surface area (Å²) in [5.41, 5.74) is 5.60. The summed E-state index contributed by atoms with van der Waals surface area (Å²) in [5.74, 6) is -2.52. The maximum atomic E-state index is 14.2. The molecule has 3 aliphatic heterocycles. The van der Waals surface area contributed by atoms with Gasteiger partial charge >= 0.3 is 11.9 Å². The number of anilines is 2. The lowest BCUT2D eigenvalue weighted by molar-refractivity contribution is -0.187. The molecule has 3 N–H and O–H groups in total. The third kappa shape index (κ3) is 8.81. The first kappa shape index (κ1) is 42.0. The van der Waals surface area contributed by atoms with Crippen molar-refractivity contribution < 1.29 is 48.0 Å². The number of nitrogen functional groups attached to an aromatic ring is 1. The van der Waals surface area contributed by atoms with E-state index in [-0.39, 0.29) is 34.9 Å². The van der Waals surface area contributed by atoms with Crippen molar-refractivity contribution in [3.05, 3.63) is 75.3 Å². The van der Waals surface area contributed by atoms with Crippen LogP contribution in [0.25, 0.3) is 0 Å². The van der Waals surface area contributed by atoms with Gasteiger partial charge in [0.1, 0.15) is 46.3 Å². The smallest absolute Gasteiger partial charge is 0.328 e. The molecule has 0 unspecified atom stereocenters. The maximum absolute atomic E-state index is 14.2. The molecule has 2 saturated heterocycles. The number of carbonyl (C=O) groups excluding carboxylic acids is 4. The number of rotatable bonds is 6. The van der Waals surface area contributed by atoms with Crippen LogP contribution in [0.1, 0.15) is 62.9 Å². The zero-order valence-electron chi connectivity index (χ0n) is 32.3. The minimum absolute atomic E-state index is 0.0384. The molecule has 15 heteroatoms. The SMILES string of the molecule is COc1cc2cc(c1Cl)N(C)C(=O)C[C@H](OC(=O)[C@H](C)N(C)C(=O)c1ccc(N)c(Cl)c1)[C@]1(C)O[C@H]1[C@H](C)[C@@H]1C[C@@](O)(CC(=O)O1)[C@H](OC)/C=C/C=C(\C)C2. The number of nitrogens with zero attached hydrogens (tertiary/aromatic N) is 2. The zero-order chi connectivity index (χ0) is 40.6. The van der Waals surface area contributed by atoms with Crippen LogP contribution in [-0.4, -0.2) is 104 Å². The van der Waals surface area contributed by atoms with E-state index in [4.69, 9.17) is 52.6 Å². The number of amides is 2. The Morgan fingerprint density at radius 3 is 2.53 bits per heavy atom. The van der Waals surface area contributed by atoms with E-state index in [9.17, 15) is 24.3 Å². The van der Waals surface area contributed by atoms with Gasteiger partial charge in [0.2, 0.25) is 5.91 Å². The highest BCUT2D eigenvalue weighted by molar-refractivity contribution is 6.35. The summed E-state index contributed by atoms with van der Waals surface area (Å²) in [4.78, 5) is 57.0. The Hall–Kier alpha value is -4.14. The van der Waals surface area contributed by atoms with Gasteiger partial charge in [0.25, 0.3) is 5.91 Å². The Morgan fingerprint density at radius 1 is 1.16 bits per heavy atom. The number of methoxy groups -OCH3 is 2. The molecule has 298 valence electrons. The molecule has 5 rings (SSSR count). The quantitative estimate of drug-likeness (QED) is 0.220. The second-order valence-corrected chi connectivity index (χ2v) is 15.7. The fraction of sp³-hybridized carbons (Fsp3) is 0.500. The normalized spacial score (nSPS) is 30.6. The number of esters is 2. The van der Waals surface area contributed by atoms with Gasteiger partial charge in [-0.3, -0.25) is 14.4 Å². The molecule has 0 aromatic heterocycles. The van der Waals surface area contributed by atoms with Crippen LogP contribution in [0.15, 0.2) is 54.1 Å². The minimum Gasteiger partial charge on any atom is -0.495 e. The maximum Gasteiger partial charge on any atom is 0.328 e. The topological polar surface area (TPSA) is 170 Å². The number of hydrogen-bond acceptors (Lipinski definition) is 11. The predicted molar refractivity (Wildman–Crippen MR) is 207 cm³/mol. The second kappa shape index (κ2) is 16.5. The Balaban J connectivity index is 1.52. The fourth-order valence-electron chi connectivity index (χ4n) is 7.30. The average molecular weight is 803 g/mol. The first-order valence-electron chi connectivity index (χ1n) is 18.0. The van der Waals surface area contributed by atoms with Crippen molar-refractivity contribution in [1.29, 1.82) is 0 Å². The zero-order valence-corrected chi connectivity index (χ0v) is 33.8. The summed E-state index contributed by atoms with van der Waals surface area (Å²) in [6.45, 7) is 6.95. The number of allylic oxidation sites excluding steroid dienone is 3. The number of ether oxygens (including phenoxy) is 5. The first-order chi connectivity index (χ1) is 25.8. The van der Waals surface area contributed by atoms with E-state index in [1.807, 2.05) is 19.9 Å². The summed E-state index contributed by atoms with van der Waals surface area (Å²) in [5, 5.41) is 12.3. The van der Waals surface area contributed by atoms with E-state index in [1.165, 1.54) is 56.2 Å². The number of nitrogens with two attached hydrogens (primary N) is 1. The molecular formula is C40H49Cl2N3O10. The van der Waals surface area contributed by atoms with Gasteiger partial charge in [-0.1, -0.05) is 53.9 Å². The number of hydrogen-bond donors (Lipinski definition) is 2. The number of epoxide rings is 1. The number of fused-ring (bicyclic) bond motifs is 5. The summed E-state index contributed by atoms with van der Waals surface area (Å²) in [6, 6.07) is 6.88. The molecule has 4 bridgehead atoms. The molecule has 3 aliphatic rings. The van der Waals surface area contributed by atoms with Crippen molar-refractivity contribution in [1.82, 2.24) is 4.90 Å². The number of carbonyl (C=O) groups is 4. The molecule has 3 heterocycles. The highest BCUT2D eigenvalue weighted by Gasteiger charge is 2.64. The van der Waals surface area contributed by atoms with Crippen molar-refractivity contribution in [3.63, 3.8) is 0 Å². The third-order valence-electron chi connectivity index (χ3n) is 11.0. The summed E-state index contributed by atoms with van der Waals surface area (Å²) in [6.07, 6.45) is 1.72. The van der Waals surface area contributed by atoms with E-state index in [2.05, 4.69) is 0 Å². The van der Waals surface area contributed by atoms with Gasteiger partial charge in [-0.05, 0) is 63.1 Å².